The van der Waals surface area contributed by atoms with Crippen molar-refractivity contribution in [3.05, 3.63) is 28.8 Å². The van der Waals surface area contributed by atoms with Crippen LogP contribution in [0.1, 0.15) is 168 Å². The van der Waals surface area contributed by atoms with Crippen LogP contribution in [0, 0.1) is 0 Å². The van der Waals surface area contributed by atoms with E-state index in [0.717, 1.165) is 29.5 Å². The summed E-state index contributed by atoms with van der Waals surface area (Å²) in [6.45, 7) is 17.3. The van der Waals surface area contributed by atoms with Crippen molar-refractivity contribution in [3.8, 4) is 5.75 Å². The van der Waals surface area contributed by atoms with E-state index in [1.165, 1.54) is 81.9 Å². The lowest BCUT2D eigenvalue weighted by Crippen LogP contribution is -2.44. The van der Waals surface area contributed by atoms with Crippen LogP contribution in [-0.2, 0) is 22.0 Å². The summed E-state index contributed by atoms with van der Waals surface area (Å²) in [6.07, 6.45) is 19.2. The number of amides is 3. The zero-order valence-corrected chi connectivity index (χ0v) is 27.9. The fourth-order valence-electron chi connectivity index (χ4n) is 5.96. The predicted octanol–water partition coefficient (Wildman–Crippen LogP) is 9.71. The number of nitrogens with one attached hydrogen (secondary N) is 1. The van der Waals surface area contributed by atoms with Crippen LogP contribution in [0.3, 0.4) is 0 Å². The second-order valence-electron chi connectivity index (χ2n) is 14.9. The zero-order valence-electron chi connectivity index (χ0n) is 27.9. The molecule has 1 saturated heterocycles. The van der Waals surface area contributed by atoms with Crippen LogP contribution < -0.4 is 5.32 Å². The molecule has 1 aromatic carbocycles. The molecule has 0 aliphatic carbocycles. The van der Waals surface area contributed by atoms with Gasteiger partial charge in [-0.3, -0.25) is 9.69 Å². The minimum Gasteiger partial charge on any atom is -0.507 e. The quantitative estimate of drug-likeness (QED) is 0.136. The van der Waals surface area contributed by atoms with Crippen LogP contribution in [0.25, 0.3) is 0 Å². The Kier molecular flexibility index (Phi) is 13.7. The van der Waals surface area contributed by atoms with Crippen molar-refractivity contribution in [1.29, 1.82) is 0 Å². The maximum absolute atomic E-state index is 13.3. The number of unbranched alkanes of at least 4 members (excludes halogenated alkanes) is 13. The first kappa shape index (κ1) is 35.2. The Bertz CT molecular complexity index is 937. The van der Waals surface area contributed by atoms with E-state index in [1.807, 2.05) is 6.92 Å². The van der Waals surface area contributed by atoms with Crippen LogP contribution >= 0.6 is 0 Å². The number of benzene rings is 1. The van der Waals surface area contributed by atoms with Gasteiger partial charge in [0.1, 0.15) is 11.3 Å². The van der Waals surface area contributed by atoms with E-state index < -0.39 is 5.54 Å². The first-order chi connectivity index (χ1) is 19.2. The van der Waals surface area contributed by atoms with Gasteiger partial charge in [-0.25, -0.2) is 4.79 Å². The van der Waals surface area contributed by atoms with Crippen LogP contribution in [-0.4, -0.2) is 34.0 Å². The lowest BCUT2D eigenvalue weighted by Gasteiger charge is -2.29. The molecule has 5 nitrogen and oxygen atoms in total. The molecule has 2 rings (SSSR count). The summed E-state index contributed by atoms with van der Waals surface area (Å²) >= 11 is 0. The molecule has 1 aliphatic heterocycles. The number of urea groups is 1. The smallest absolute Gasteiger partial charge is 0.325 e. The highest BCUT2D eigenvalue weighted by Crippen LogP contribution is 2.40. The number of phenols is 1. The van der Waals surface area contributed by atoms with E-state index in [4.69, 9.17) is 0 Å². The molecular formula is C36H62N2O3. The van der Waals surface area contributed by atoms with Crippen molar-refractivity contribution in [2.75, 3.05) is 6.54 Å². The molecule has 3 amide bonds. The molecule has 0 aromatic heterocycles. The second-order valence-corrected chi connectivity index (χ2v) is 14.9. The fraction of sp³-hybridized carbons (Fsp3) is 0.778. The third kappa shape index (κ3) is 10.9. The number of rotatable bonds is 18. The summed E-state index contributed by atoms with van der Waals surface area (Å²) in [5.41, 5.74) is 1.63. The van der Waals surface area contributed by atoms with Crippen LogP contribution in [0.15, 0.2) is 12.1 Å². The third-order valence-corrected chi connectivity index (χ3v) is 8.78. The summed E-state index contributed by atoms with van der Waals surface area (Å²) in [7, 11) is 0. The lowest BCUT2D eigenvalue weighted by molar-refractivity contribution is -0.131. The number of aryl methyl sites for hydroxylation is 1. The molecule has 5 heteroatoms. The minimum atomic E-state index is -0.894. The number of carbonyl (C=O) groups excluding carboxylic acids is 2. The molecule has 1 aliphatic rings. The van der Waals surface area contributed by atoms with Crippen LogP contribution in [0.5, 0.6) is 5.75 Å². The van der Waals surface area contributed by atoms with Gasteiger partial charge in [-0.1, -0.05) is 144 Å². The van der Waals surface area contributed by atoms with Crippen molar-refractivity contribution in [3.63, 3.8) is 0 Å². The maximum Gasteiger partial charge on any atom is 0.325 e. The first-order valence-electron chi connectivity index (χ1n) is 16.7. The summed E-state index contributed by atoms with van der Waals surface area (Å²) < 4.78 is 0. The van der Waals surface area contributed by atoms with Gasteiger partial charge < -0.3 is 10.4 Å². The molecule has 1 atom stereocenters. The Hall–Kier alpha value is -2.04. The molecule has 41 heavy (non-hydrogen) atoms. The van der Waals surface area contributed by atoms with Crippen LogP contribution in [0.4, 0.5) is 4.79 Å². The van der Waals surface area contributed by atoms with Gasteiger partial charge >= 0.3 is 6.03 Å². The van der Waals surface area contributed by atoms with Gasteiger partial charge in [-0.15, -0.1) is 0 Å². The van der Waals surface area contributed by atoms with E-state index in [1.54, 1.807) is 0 Å². The van der Waals surface area contributed by atoms with Crippen LogP contribution in [0.2, 0.25) is 0 Å². The van der Waals surface area contributed by atoms with Gasteiger partial charge in [0.05, 0.1) is 0 Å². The SMILES string of the molecule is CCCCCCCCCCCCCCCCN1C(=O)NC(C)(CCc2cc(C(C)(C)C)c(O)c(C(C)(C)C)c2)C1=O. The highest BCUT2D eigenvalue weighted by molar-refractivity contribution is 6.06. The van der Waals surface area contributed by atoms with Crippen molar-refractivity contribution >= 4 is 11.9 Å². The molecule has 0 radical (unpaired) electrons. The van der Waals surface area contributed by atoms with Gasteiger partial charge in [0.25, 0.3) is 5.91 Å². The molecule has 0 spiro atoms. The Morgan fingerprint density at radius 1 is 0.732 bits per heavy atom. The Morgan fingerprint density at radius 3 is 1.56 bits per heavy atom. The number of imide groups is 1. The van der Waals surface area contributed by atoms with Crippen molar-refractivity contribution in [2.24, 2.45) is 0 Å². The number of hydrogen-bond donors (Lipinski definition) is 2. The van der Waals surface area contributed by atoms with Gasteiger partial charge in [-0.05, 0) is 53.7 Å². The second kappa shape index (κ2) is 16.0. The highest BCUT2D eigenvalue weighted by atomic mass is 16.3. The largest absolute Gasteiger partial charge is 0.507 e. The average molecular weight is 571 g/mol. The number of hydrogen-bond acceptors (Lipinski definition) is 3. The highest BCUT2D eigenvalue weighted by Gasteiger charge is 2.47. The number of nitrogens with zero attached hydrogens (tertiary/aromatic N) is 1. The molecule has 2 N–H and O–H groups in total. The molecule has 0 bridgehead atoms. The van der Waals surface area contributed by atoms with Crippen molar-refractivity contribution in [2.45, 2.75) is 174 Å². The number of carbonyl (C=O) groups is 2. The van der Waals surface area contributed by atoms with Gasteiger partial charge in [-0.2, -0.15) is 0 Å². The van der Waals surface area contributed by atoms with Crippen molar-refractivity contribution < 1.29 is 14.7 Å². The number of phenolic OH excluding ortho intramolecular Hbond substituents is 1. The zero-order chi connectivity index (χ0) is 30.7. The maximum atomic E-state index is 13.3. The Labute approximate surface area is 252 Å². The standard InChI is InChI=1S/C36H62N2O3/c1-9-10-11-12-13-14-15-16-17-18-19-20-21-22-25-38-32(40)36(8,37-33(38)41)24-23-28-26-29(34(2,3)4)31(39)30(27-28)35(5,6)7/h26-27,39H,9-25H2,1-8H3,(H,37,41). The molecule has 1 aromatic rings. The molecule has 234 valence electrons. The van der Waals surface area contributed by atoms with E-state index in [-0.39, 0.29) is 22.8 Å². The monoisotopic (exact) mass is 570 g/mol. The van der Waals surface area contributed by atoms with E-state index in [2.05, 4.69) is 65.9 Å². The minimum absolute atomic E-state index is 0.108. The average Bonchev–Trinajstić information content (AvgIpc) is 3.09. The summed E-state index contributed by atoms with van der Waals surface area (Å²) in [5, 5.41) is 14.0. The van der Waals surface area contributed by atoms with Gasteiger partial charge in [0, 0.05) is 6.54 Å². The van der Waals surface area contributed by atoms with Gasteiger partial charge in [0.15, 0.2) is 0 Å². The molecule has 1 fully saturated rings. The third-order valence-electron chi connectivity index (χ3n) is 8.78. The predicted molar refractivity (Wildman–Crippen MR) is 173 cm³/mol. The van der Waals surface area contributed by atoms with Crippen molar-refractivity contribution in [1.82, 2.24) is 10.2 Å². The Balaban J connectivity index is 1.77. The fourth-order valence-corrected chi connectivity index (χ4v) is 5.96. The molecule has 0 saturated carbocycles. The van der Waals surface area contributed by atoms with E-state index >= 15 is 0 Å². The molecule has 1 unspecified atom stereocenters. The Morgan fingerprint density at radius 2 is 1.15 bits per heavy atom. The summed E-state index contributed by atoms with van der Waals surface area (Å²) in [6, 6.07) is 3.88. The first-order valence-corrected chi connectivity index (χ1v) is 16.7. The topological polar surface area (TPSA) is 69.6 Å². The van der Waals surface area contributed by atoms with E-state index in [0.29, 0.717) is 25.1 Å². The van der Waals surface area contributed by atoms with E-state index in [9.17, 15) is 14.7 Å². The van der Waals surface area contributed by atoms with Gasteiger partial charge in [0.2, 0.25) is 0 Å². The normalized spacial score (nSPS) is 17.9. The lowest BCUT2D eigenvalue weighted by atomic mass is 9.77. The number of aromatic hydroxyl groups is 1. The molecular weight excluding hydrogens is 508 g/mol. The summed E-state index contributed by atoms with van der Waals surface area (Å²) in [5.74, 6) is 0.257. The summed E-state index contributed by atoms with van der Waals surface area (Å²) in [4.78, 5) is 27.5. The molecule has 1 heterocycles.